The van der Waals surface area contributed by atoms with Gasteiger partial charge in [-0.05, 0) is 30.3 Å². The van der Waals surface area contributed by atoms with E-state index in [4.69, 9.17) is 27.6 Å². The van der Waals surface area contributed by atoms with E-state index in [0.29, 0.717) is 31.0 Å². The molecule has 0 radical (unpaired) electrons. The van der Waals surface area contributed by atoms with Crippen LogP contribution in [0.4, 0.5) is 0 Å². The van der Waals surface area contributed by atoms with Crippen LogP contribution in [-0.4, -0.2) is 49.7 Å². The summed E-state index contributed by atoms with van der Waals surface area (Å²) in [6, 6.07) is 7.86. The van der Waals surface area contributed by atoms with Crippen molar-refractivity contribution in [2.75, 3.05) is 26.2 Å². The van der Waals surface area contributed by atoms with Gasteiger partial charge in [-0.1, -0.05) is 23.2 Å². The standard InChI is InChI=1S/C17H18Cl2N2O4S/c18-15-5-4-14(12-16(15)19)26(23,24)21-9-7-20(8-10-21)17(22)6-3-13-2-1-11-25-13/h1-2,4-5,11-12H,3,6-10H2. The lowest BCUT2D eigenvalue weighted by Crippen LogP contribution is -2.50. The van der Waals surface area contributed by atoms with E-state index in [1.54, 1.807) is 17.2 Å². The van der Waals surface area contributed by atoms with Crippen LogP contribution in [-0.2, 0) is 21.2 Å². The van der Waals surface area contributed by atoms with Gasteiger partial charge in [-0.2, -0.15) is 4.31 Å². The summed E-state index contributed by atoms with van der Waals surface area (Å²) in [6.07, 6.45) is 2.45. The fraction of sp³-hybridized carbons (Fsp3) is 0.353. The number of rotatable bonds is 5. The van der Waals surface area contributed by atoms with Crippen molar-refractivity contribution in [2.45, 2.75) is 17.7 Å². The summed E-state index contributed by atoms with van der Waals surface area (Å²) in [7, 11) is -3.66. The number of nitrogens with zero attached hydrogens (tertiary/aromatic N) is 2. The highest BCUT2D eigenvalue weighted by Gasteiger charge is 2.30. The number of carbonyl (C=O) groups excluding carboxylic acids is 1. The number of piperazine rings is 1. The SMILES string of the molecule is O=C(CCc1ccco1)N1CCN(S(=O)(=O)c2ccc(Cl)c(Cl)c2)CC1. The number of benzene rings is 1. The Morgan fingerprint density at radius 2 is 1.81 bits per heavy atom. The second-order valence-corrected chi connectivity index (χ2v) is 8.69. The third-order valence-electron chi connectivity index (χ3n) is 4.29. The Hall–Kier alpha value is -1.54. The summed E-state index contributed by atoms with van der Waals surface area (Å²) in [4.78, 5) is 14.1. The van der Waals surface area contributed by atoms with E-state index < -0.39 is 10.0 Å². The van der Waals surface area contributed by atoms with Crippen molar-refractivity contribution in [2.24, 2.45) is 0 Å². The van der Waals surface area contributed by atoms with Gasteiger partial charge in [0.1, 0.15) is 5.76 Å². The van der Waals surface area contributed by atoms with Crippen molar-refractivity contribution < 1.29 is 17.6 Å². The number of sulfonamides is 1. The van der Waals surface area contributed by atoms with Crippen LogP contribution >= 0.6 is 23.2 Å². The van der Waals surface area contributed by atoms with Crippen molar-refractivity contribution in [3.8, 4) is 0 Å². The Kier molecular flexibility index (Phi) is 5.92. The van der Waals surface area contributed by atoms with E-state index in [1.807, 2.05) is 6.07 Å². The average molecular weight is 417 g/mol. The van der Waals surface area contributed by atoms with Gasteiger partial charge < -0.3 is 9.32 Å². The summed E-state index contributed by atoms with van der Waals surface area (Å²) < 4.78 is 32.0. The molecule has 1 aliphatic heterocycles. The van der Waals surface area contributed by atoms with Crippen molar-refractivity contribution >= 4 is 39.1 Å². The Balaban J connectivity index is 1.58. The zero-order chi connectivity index (χ0) is 18.7. The number of furan rings is 1. The molecule has 9 heteroatoms. The first-order valence-corrected chi connectivity index (χ1v) is 10.3. The largest absolute Gasteiger partial charge is 0.469 e. The zero-order valence-corrected chi connectivity index (χ0v) is 16.2. The number of aryl methyl sites for hydroxylation is 1. The minimum atomic E-state index is -3.66. The van der Waals surface area contributed by atoms with E-state index in [2.05, 4.69) is 0 Å². The van der Waals surface area contributed by atoms with E-state index in [-0.39, 0.29) is 28.9 Å². The summed E-state index contributed by atoms with van der Waals surface area (Å²) in [5.74, 6) is 0.757. The minimum Gasteiger partial charge on any atom is -0.469 e. The Morgan fingerprint density at radius 3 is 2.42 bits per heavy atom. The third kappa shape index (κ3) is 4.23. The lowest BCUT2D eigenvalue weighted by Gasteiger charge is -2.34. The quantitative estimate of drug-likeness (QED) is 0.750. The lowest BCUT2D eigenvalue weighted by atomic mass is 10.2. The fourth-order valence-electron chi connectivity index (χ4n) is 2.81. The van der Waals surface area contributed by atoms with E-state index >= 15 is 0 Å². The van der Waals surface area contributed by atoms with Crippen molar-refractivity contribution in [1.29, 1.82) is 0 Å². The molecule has 140 valence electrons. The molecule has 6 nitrogen and oxygen atoms in total. The first-order chi connectivity index (χ1) is 12.4. The Labute approximate surface area is 162 Å². The van der Waals surface area contributed by atoms with Crippen LogP contribution in [0.2, 0.25) is 10.0 Å². The Bertz CT molecular complexity index is 876. The number of amides is 1. The highest BCUT2D eigenvalue weighted by atomic mass is 35.5. The minimum absolute atomic E-state index is 0.00650. The van der Waals surface area contributed by atoms with Gasteiger partial charge in [-0.3, -0.25) is 4.79 Å². The number of hydrogen-bond donors (Lipinski definition) is 0. The van der Waals surface area contributed by atoms with Gasteiger partial charge in [0.15, 0.2) is 0 Å². The molecular weight excluding hydrogens is 399 g/mol. The van der Waals surface area contributed by atoms with Crippen molar-refractivity contribution in [3.63, 3.8) is 0 Å². The maximum absolute atomic E-state index is 12.7. The Morgan fingerprint density at radius 1 is 1.08 bits per heavy atom. The van der Waals surface area contributed by atoms with Gasteiger partial charge in [0.25, 0.3) is 0 Å². The number of hydrogen-bond acceptors (Lipinski definition) is 4. The molecule has 0 unspecified atom stereocenters. The normalized spacial score (nSPS) is 16.0. The molecule has 0 bridgehead atoms. The number of carbonyl (C=O) groups is 1. The topological polar surface area (TPSA) is 70.8 Å². The number of halogens is 2. The predicted octanol–water partition coefficient (Wildman–Crippen LogP) is 3.05. The maximum Gasteiger partial charge on any atom is 0.243 e. The molecular formula is C17H18Cl2N2O4S. The van der Waals surface area contributed by atoms with Crippen LogP contribution in [0.3, 0.4) is 0 Å². The van der Waals surface area contributed by atoms with Crippen LogP contribution < -0.4 is 0 Å². The smallest absolute Gasteiger partial charge is 0.243 e. The monoisotopic (exact) mass is 416 g/mol. The lowest BCUT2D eigenvalue weighted by molar-refractivity contribution is -0.132. The van der Waals surface area contributed by atoms with Crippen LogP contribution in [0.1, 0.15) is 12.2 Å². The molecule has 1 aliphatic rings. The molecule has 3 rings (SSSR count). The summed E-state index contributed by atoms with van der Waals surface area (Å²) in [6.45, 7) is 1.21. The highest BCUT2D eigenvalue weighted by molar-refractivity contribution is 7.89. The maximum atomic E-state index is 12.7. The molecule has 1 aromatic carbocycles. The van der Waals surface area contributed by atoms with E-state index in [9.17, 15) is 13.2 Å². The zero-order valence-electron chi connectivity index (χ0n) is 13.9. The molecule has 1 amide bonds. The van der Waals surface area contributed by atoms with Crippen molar-refractivity contribution in [3.05, 3.63) is 52.4 Å². The summed E-state index contributed by atoms with van der Waals surface area (Å²) in [5.41, 5.74) is 0. The first-order valence-electron chi connectivity index (χ1n) is 8.13. The van der Waals surface area contributed by atoms with Gasteiger partial charge in [-0.15, -0.1) is 0 Å². The summed E-state index contributed by atoms with van der Waals surface area (Å²) in [5, 5.41) is 0.497. The molecule has 2 aromatic rings. The molecule has 0 N–H and O–H groups in total. The second kappa shape index (κ2) is 8.00. The molecule has 1 saturated heterocycles. The third-order valence-corrected chi connectivity index (χ3v) is 6.92. The molecule has 0 atom stereocenters. The van der Waals surface area contributed by atoms with Gasteiger partial charge in [-0.25, -0.2) is 8.42 Å². The van der Waals surface area contributed by atoms with E-state index in [1.165, 1.54) is 22.5 Å². The first kappa shape index (κ1) is 19.2. The average Bonchev–Trinajstić information content (AvgIpc) is 3.15. The van der Waals surface area contributed by atoms with Gasteiger partial charge in [0, 0.05) is 39.0 Å². The van der Waals surface area contributed by atoms with Crippen LogP contribution in [0.15, 0.2) is 45.9 Å². The summed E-state index contributed by atoms with van der Waals surface area (Å²) >= 11 is 11.8. The molecule has 0 spiro atoms. The van der Waals surface area contributed by atoms with Crippen LogP contribution in [0.5, 0.6) is 0 Å². The van der Waals surface area contributed by atoms with Gasteiger partial charge in [0.05, 0.1) is 21.2 Å². The highest BCUT2D eigenvalue weighted by Crippen LogP contribution is 2.27. The van der Waals surface area contributed by atoms with Crippen LogP contribution in [0.25, 0.3) is 0 Å². The molecule has 0 saturated carbocycles. The van der Waals surface area contributed by atoms with Crippen LogP contribution in [0, 0.1) is 0 Å². The molecule has 1 fully saturated rings. The molecule has 1 aromatic heterocycles. The molecule has 0 aliphatic carbocycles. The van der Waals surface area contributed by atoms with Gasteiger partial charge >= 0.3 is 0 Å². The predicted molar refractivity (Wildman–Crippen MR) is 98.8 cm³/mol. The fourth-order valence-corrected chi connectivity index (χ4v) is 4.62. The second-order valence-electron chi connectivity index (χ2n) is 5.94. The molecule has 26 heavy (non-hydrogen) atoms. The van der Waals surface area contributed by atoms with Gasteiger partial charge in [0.2, 0.25) is 15.9 Å². The van der Waals surface area contributed by atoms with Crippen molar-refractivity contribution in [1.82, 2.24) is 9.21 Å². The van der Waals surface area contributed by atoms with E-state index in [0.717, 1.165) is 5.76 Å². The molecule has 2 heterocycles.